The molecule has 1 fully saturated rings. The molecule has 1 aromatic rings. The molecular formula is C20H34BrFIN5. The van der Waals surface area contributed by atoms with Gasteiger partial charge in [-0.05, 0) is 57.0 Å². The Kier molecular flexibility index (Phi) is 13.3. The van der Waals surface area contributed by atoms with E-state index in [1.54, 1.807) is 7.05 Å². The van der Waals surface area contributed by atoms with Crippen molar-refractivity contribution in [1.82, 2.24) is 20.4 Å². The second-order valence-electron chi connectivity index (χ2n) is 7.12. The largest absolute Gasteiger partial charge is 0.356 e. The molecule has 8 heteroatoms. The van der Waals surface area contributed by atoms with E-state index < -0.39 is 0 Å². The Morgan fingerprint density at radius 2 is 1.79 bits per heavy atom. The summed E-state index contributed by atoms with van der Waals surface area (Å²) in [4.78, 5) is 9.19. The van der Waals surface area contributed by atoms with Crippen LogP contribution in [-0.2, 0) is 6.42 Å². The van der Waals surface area contributed by atoms with Gasteiger partial charge in [0.1, 0.15) is 5.82 Å². The number of hydrogen-bond acceptors (Lipinski definition) is 3. The zero-order valence-electron chi connectivity index (χ0n) is 17.0. The monoisotopic (exact) mass is 569 g/mol. The minimum Gasteiger partial charge on any atom is -0.356 e. The number of piperazine rings is 1. The Morgan fingerprint density at radius 1 is 1.11 bits per heavy atom. The van der Waals surface area contributed by atoms with Crippen LogP contribution in [0.5, 0.6) is 0 Å². The Labute approximate surface area is 194 Å². The maximum Gasteiger partial charge on any atom is 0.190 e. The van der Waals surface area contributed by atoms with E-state index in [1.165, 1.54) is 45.2 Å². The van der Waals surface area contributed by atoms with Crippen LogP contribution < -0.4 is 10.6 Å². The molecule has 2 N–H and O–H groups in total. The highest BCUT2D eigenvalue weighted by atomic mass is 127. The average molecular weight is 570 g/mol. The first-order valence-corrected chi connectivity index (χ1v) is 10.7. The molecule has 0 aliphatic carbocycles. The zero-order chi connectivity index (χ0) is 19.5. The van der Waals surface area contributed by atoms with Gasteiger partial charge in [-0.1, -0.05) is 22.0 Å². The molecule has 0 aromatic heterocycles. The molecule has 0 saturated carbocycles. The molecule has 0 radical (unpaired) electrons. The van der Waals surface area contributed by atoms with E-state index in [0.29, 0.717) is 6.42 Å². The highest BCUT2D eigenvalue weighted by Gasteiger charge is 2.12. The predicted octanol–water partition coefficient (Wildman–Crippen LogP) is 3.33. The van der Waals surface area contributed by atoms with Crippen LogP contribution in [0.4, 0.5) is 4.39 Å². The number of nitrogens with zero attached hydrogens (tertiary/aromatic N) is 3. The molecule has 0 unspecified atom stereocenters. The lowest BCUT2D eigenvalue weighted by Crippen LogP contribution is -2.44. The highest BCUT2D eigenvalue weighted by molar-refractivity contribution is 14.0. The van der Waals surface area contributed by atoms with E-state index in [4.69, 9.17) is 0 Å². The van der Waals surface area contributed by atoms with Crippen molar-refractivity contribution in [3.8, 4) is 0 Å². The molecule has 0 atom stereocenters. The molecule has 0 spiro atoms. The maximum atomic E-state index is 13.8. The van der Waals surface area contributed by atoms with Crippen LogP contribution in [0.2, 0.25) is 0 Å². The van der Waals surface area contributed by atoms with Gasteiger partial charge in [0.15, 0.2) is 5.96 Å². The number of aliphatic imine (C=N–C) groups is 1. The lowest BCUT2D eigenvalue weighted by atomic mass is 10.1. The lowest BCUT2D eigenvalue weighted by Gasteiger charge is -2.32. The van der Waals surface area contributed by atoms with Crippen LogP contribution in [0.3, 0.4) is 0 Å². The second kappa shape index (κ2) is 14.5. The summed E-state index contributed by atoms with van der Waals surface area (Å²) in [5.74, 6) is 0.679. The summed E-state index contributed by atoms with van der Waals surface area (Å²) < 4.78 is 14.6. The molecule has 1 aliphatic rings. The highest BCUT2D eigenvalue weighted by Crippen LogP contribution is 2.16. The summed E-state index contributed by atoms with van der Waals surface area (Å²) in [6, 6.07) is 5.24. The fraction of sp³-hybridized carbons (Fsp3) is 0.650. The van der Waals surface area contributed by atoms with Crippen molar-refractivity contribution in [3.05, 3.63) is 34.1 Å². The van der Waals surface area contributed by atoms with E-state index in [2.05, 4.69) is 48.4 Å². The van der Waals surface area contributed by atoms with Gasteiger partial charge in [-0.25, -0.2) is 4.39 Å². The van der Waals surface area contributed by atoms with Crippen LogP contribution in [0.1, 0.15) is 24.8 Å². The summed E-state index contributed by atoms with van der Waals surface area (Å²) in [7, 11) is 3.98. The number of aryl methyl sites for hydroxylation is 1. The predicted molar refractivity (Wildman–Crippen MR) is 130 cm³/mol. The molecule has 1 heterocycles. The van der Waals surface area contributed by atoms with Crippen molar-refractivity contribution in [2.24, 2.45) is 4.99 Å². The number of halogens is 3. The molecule has 0 amide bonds. The van der Waals surface area contributed by atoms with Gasteiger partial charge in [-0.15, -0.1) is 24.0 Å². The summed E-state index contributed by atoms with van der Waals surface area (Å²) in [5, 5.41) is 6.67. The summed E-state index contributed by atoms with van der Waals surface area (Å²) in [6.07, 6.45) is 3.92. The SMILES string of the molecule is CN=C(NCCCCN1CCN(C)CC1)NCCCc1ccc(Br)cc1F.I. The quantitative estimate of drug-likeness (QED) is 0.207. The molecule has 1 saturated heterocycles. The standard InChI is InChI=1S/C20H33BrFN5.HI/c1-23-20(24-9-3-4-11-27-14-12-26(2)13-15-27)25-10-5-6-17-7-8-18(21)16-19(17)22;/h7-8,16H,3-6,9-15H2,1-2H3,(H2,23,24,25);1H. The third-order valence-electron chi connectivity index (χ3n) is 4.94. The molecule has 160 valence electrons. The van der Waals surface area contributed by atoms with Gasteiger partial charge in [0, 0.05) is 50.8 Å². The van der Waals surface area contributed by atoms with Crippen LogP contribution in [0.15, 0.2) is 27.7 Å². The fourth-order valence-electron chi connectivity index (χ4n) is 3.17. The first-order chi connectivity index (χ1) is 13.1. The van der Waals surface area contributed by atoms with Crippen LogP contribution in [-0.4, -0.2) is 75.7 Å². The Bertz CT molecular complexity index is 594. The number of benzene rings is 1. The normalized spacial score (nSPS) is 15.9. The number of nitrogens with one attached hydrogen (secondary N) is 2. The number of rotatable bonds is 9. The minimum atomic E-state index is -0.146. The van der Waals surface area contributed by atoms with Crippen molar-refractivity contribution >= 4 is 45.9 Å². The van der Waals surface area contributed by atoms with Gasteiger partial charge < -0.3 is 20.4 Å². The second-order valence-corrected chi connectivity index (χ2v) is 8.03. The molecule has 5 nitrogen and oxygen atoms in total. The first-order valence-electron chi connectivity index (χ1n) is 9.88. The summed E-state index contributed by atoms with van der Waals surface area (Å²) in [6.45, 7) is 7.61. The zero-order valence-corrected chi connectivity index (χ0v) is 20.9. The van der Waals surface area contributed by atoms with E-state index in [-0.39, 0.29) is 29.8 Å². The smallest absolute Gasteiger partial charge is 0.190 e. The van der Waals surface area contributed by atoms with Crippen molar-refractivity contribution in [3.63, 3.8) is 0 Å². The van der Waals surface area contributed by atoms with Gasteiger partial charge in [0.05, 0.1) is 0 Å². The Balaban J connectivity index is 0.00000392. The van der Waals surface area contributed by atoms with Gasteiger partial charge >= 0.3 is 0 Å². The fourth-order valence-corrected chi connectivity index (χ4v) is 3.50. The van der Waals surface area contributed by atoms with E-state index in [1.807, 2.05) is 12.1 Å². The molecule has 1 aliphatic heterocycles. The number of guanidine groups is 1. The third-order valence-corrected chi connectivity index (χ3v) is 5.44. The van der Waals surface area contributed by atoms with Crippen molar-refractivity contribution in [2.75, 3.05) is 59.9 Å². The van der Waals surface area contributed by atoms with Crippen molar-refractivity contribution in [1.29, 1.82) is 0 Å². The first kappa shape index (κ1) is 25.6. The van der Waals surface area contributed by atoms with E-state index >= 15 is 0 Å². The Hall–Kier alpha value is -0.450. The topological polar surface area (TPSA) is 42.9 Å². The van der Waals surface area contributed by atoms with Gasteiger partial charge in [0.25, 0.3) is 0 Å². The number of unbranched alkanes of at least 4 members (excludes halogenated alkanes) is 1. The molecule has 0 bridgehead atoms. The van der Waals surface area contributed by atoms with Gasteiger partial charge in [-0.3, -0.25) is 4.99 Å². The minimum absolute atomic E-state index is 0. The molecule has 2 rings (SSSR count). The Morgan fingerprint density at radius 3 is 2.43 bits per heavy atom. The van der Waals surface area contributed by atoms with Gasteiger partial charge in [-0.2, -0.15) is 0 Å². The van der Waals surface area contributed by atoms with Crippen LogP contribution in [0, 0.1) is 5.82 Å². The van der Waals surface area contributed by atoms with Crippen molar-refractivity contribution < 1.29 is 4.39 Å². The molecule has 28 heavy (non-hydrogen) atoms. The van der Waals surface area contributed by atoms with E-state index in [0.717, 1.165) is 41.9 Å². The number of hydrogen-bond donors (Lipinski definition) is 2. The lowest BCUT2D eigenvalue weighted by molar-refractivity contribution is 0.152. The average Bonchev–Trinajstić information content (AvgIpc) is 2.66. The summed E-state index contributed by atoms with van der Waals surface area (Å²) in [5.41, 5.74) is 0.756. The molecule has 1 aromatic carbocycles. The summed E-state index contributed by atoms with van der Waals surface area (Å²) >= 11 is 3.29. The van der Waals surface area contributed by atoms with Gasteiger partial charge in [0.2, 0.25) is 0 Å². The van der Waals surface area contributed by atoms with Crippen molar-refractivity contribution in [2.45, 2.75) is 25.7 Å². The number of likely N-dealkylation sites (N-methyl/N-ethyl adjacent to an activating group) is 1. The van der Waals surface area contributed by atoms with Crippen LogP contribution in [0.25, 0.3) is 0 Å². The van der Waals surface area contributed by atoms with Crippen LogP contribution >= 0.6 is 39.9 Å². The van der Waals surface area contributed by atoms with E-state index in [9.17, 15) is 4.39 Å². The molecular weight excluding hydrogens is 536 g/mol. The maximum absolute atomic E-state index is 13.8. The third kappa shape index (κ3) is 9.84.